The third kappa shape index (κ3) is 39.4. The molecule has 1 rings (SSSR count). The Morgan fingerprint density at radius 2 is 0.864 bits per heavy atom. The molecular formula is C65H124N4O12. The fraction of sp³-hybridized carbons (Fsp3) is 0.923. The molecule has 0 saturated carbocycles. The van der Waals surface area contributed by atoms with Crippen molar-refractivity contribution >= 4 is 29.6 Å². The first-order valence-electron chi connectivity index (χ1n) is 33.6. The van der Waals surface area contributed by atoms with Crippen LogP contribution in [-0.2, 0) is 33.4 Å². The summed E-state index contributed by atoms with van der Waals surface area (Å²) in [4.78, 5) is 63.4. The van der Waals surface area contributed by atoms with Gasteiger partial charge in [0.1, 0.15) is 42.5 Å². The zero-order valence-electron chi connectivity index (χ0n) is 52.0. The van der Waals surface area contributed by atoms with E-state index in [1.165, 1.54) is 226 Å². The molecule has 0 aromatic rings. The third-order valence-electron chi connectivity index (χ3n) is 16.7. The van der Waals surface area contributed by atoms with Crippen LogP contribution in [0.2, 0.25) is 0 Å². The molecule has 3 unspecified atom stereocenters. The molecule has 0 bridgehead atoms. The van der Waals surface area contributed by atoms with Gasteiger partial charge in [0.25, 0.3) is 0 Å². The molecule has 0 spiro atoms. The van der Waals surface area contributed by atoms with Crippen molar-refractivity contribution in [3.05, 3.63) is 0 Å². The lowest BCUT2D eigenvalue weighted by Gasteiger charge is -2.43. The number of carboxylic acids is 1. The van der Waals surface area contributed by atoms with Crippen molar-refractivity contribution < 1.29 is 59.0 Å². The lowest BCUT2D eigenvalue weighted by molar-refractivity contribution is -0.266. The molecule has 476 valence electrons. The minimum atomic E-state index is -1.76. The first-order valence-corrected chi connectivity index (χ1v) is 33.6. The molecule has 1 saturated heterocycles. The average Bonchev–Trinajstić information content (AvgIpc) is 3.47. The molecule has 0 radical (unpaired) electrons. The van der Waals surface area contributed by atoms with Crippen LogP contribution in [0.1, 0.15) is 317 Å². The van der Waals surface area contributed by atoms with Crippen LogP contribution in [-0.4, -0.2) is 117 Å². The Hall–Kier alpha value is -2.89. The molecule has 10 N–H and O–H groups in total. The Bertz CT molecular complexity index is 1560. The van der Waals surface area contributed by atoms with Gasteiger partial charge in [-0.05, 0) is 33.1 Å². The number of unbranched alkanes of at least 4 members (excludes halogenated alkanes) is 39. The normalized spacial score (nSPS) is 19.1. The van der Waals surface area contributed by atoms with E-state index >= 15 is 0 Å². The number of aliphatic carboxylic acids is 1. The molecule has 0 aromatic carbocycles. The van der Waals surface area contributed by atoms with Crippen molar-refractivity contribution in [2.45, 2.75) is 372 Å². The Morgan fingerprint density at radius 3 is 1.21 bits per heavy atom. The van der Waals surface area contributed by atoms with Crippen LogP contribution in [0.25, 0.3) is 0 Å². The van der Waals surface area contributed by atoms with Gasteiger partial charge >= 0.3 is 5.97 Å². The number of hydrogen-bond acceptors (Lipinski definition) is 11. The van der Waals surface area contributed by atoms with E-state index in [0.717, 1.165) is 44.9 Å². The largest absolute Gasteiger partial charge is 0.480 e. The van der Waals surface area contributed by atoms with Gasteiger partial charge in [-0.2, -0.15) is 0 Å². The van der Waals surface area contributed by atoms with Gasteiger partial charge < -0.3 is 56.7 Å². The number of amides is 4. The average molecular weight is 1150 g/mol. The zero-order valence-corrected chi connectivity index (χ0v) is 52.0. The van der Waals surface area contributed by atoms with Gasteiger partial charge in [0.15, 0.2) is 6.29 Å². The maximum atomic E-state index is 14.3. The molecule has 1 aliphatic rings. The summed E-state index contributed by atoms with van der Waals surface area (Å²) in [5.41, 5.74) is 5.14. The molecule has 1 fully saturated rings. The van der Waals surface area contributed by atoms with Crippen LogP contribution in [0, 0.1) is 5.92 Å². The number of aliphatic hydroxyl groups is 4. The van der Waals surface area contributed by atoms with Gasteiger partial charge in [0.05, 0.1) is 18.6 Å². The predicted molar refractivity (Wildman–Crippen MR) is 325 cm³/mol. The number of hydrogen-bond donors (Lipinski definition) is 9. The lowest BCUT2D eigenvalue weighted by atomic mass is 9.89. The summed E-state index contributed by atoms with van der Waals surface area (Å²) in [6.45, 7) is 6.48. The van der Waals surface area contributed by atoms with Crippen LogP contribution in [0.5, 0.6) is 0 Å². The minimum absolute atomic E-state index is 0.253. The maximum Gasteiger partial charge on any atom is 0.326 e. The first kappa shape index (κ1) is 76.1. The fourth-order valence-electron chi connectivity index (χ4n) is 11.3. The summed E-state index contributed by atoms with van der Waals surface area (Å²) >= 11 is 0. The standard InChI is InChI=1S/C65H124N4O12/c1-5-7-9-11-13-15-17-19-21-23-25-27-29-31-33-35-37-39-41-43-45-47-55(71)53(46-44-42-40-38-36-34-32-30-28-26-24-22-20-18-16-14-12-10-8-6-2)63(76)69-58-60(59(73)56(50-70)81-65(58)79)80-52(4)62(75)67-51(3)61(74)68-54(64(77)78)48-49-57(66)72/h51-56,58-60,65,70-71,73,79H,5-50H2,1-4H3,(H2,66,72)(H,67,75)(H,68,74)(H,69,76)(H,77,78)/t51-,52?,53?,54+,55?,56+,58+,59+,60+,65-/m0/s1. The van der Waals surface area contributed by atoms with Crippen molar-refractivity contribution in [2.75, 3.05) is 6.61 Å². The smallest absolute Gasteiger partial charge is 0.326 e. The Labute approximate surface area is 492 Å². The van der Waals surface area contributed by atoms with E-state index in [4.69, 9.17) is 15.2 Å². The number of nitrogens with one attached hydrogen (secondary N) is 3. The van der Waals surface area contributed by atoms with Crippen molar-refractivity contribution in [3.8, 4) is 0 Å². The monoisotopic (exact) mass is 1150 g/mol. The maximum absolute atomic E-state index is 14.3. The quantitative estimate of drug-likeness (QED) is 0.0258. The Kier molecular flexibility index (Phi) is 48.4. The number of carbonyl (C=O) groups excluding carboxylic acids is 4. The van der Waals surface area contributed by atoms with Crippen LogP contribution >= 0.6 is 0 Å². The topological polar surface area (TPSA) is 267 Å². The molecule has 1 aliphatic heterocycles. The van der Waals surface area contributed by atoms with Crippen molar-refractivity contribution in [1.82, 2.24) is 16.0 Å². The Morgan fingerprint density at radius 1 is 0.506 bits per heavy atom. The molecular weight excluding hydrogens is 1030 g/mol. The molecule has 1 heterocycles. The Balaban J connectivity index is 2.74. The number of carboxylic acid groups (broad SMARTS) is 1. The number of nitrogens with two attached hydrogens (primary N) is 1. The van der Waals surface area contributed by atoms with Gasteiger partial charge in [-0.25, -0.2) is 4.79 Å². The summed E-state index contributed by atoms with van der Waals surface area (Å²) in [7, 11) is 0. The first-order chi connectivity index (χ1) is 39.2. The second kappa shape index (κ2) is 51.5. The van der Waals surface area contributed by atoms with E-state index in [1.807, 2.05) is 0 Å². The van der Waals surface area contributed by atoms with E-state index in [9.17, 15) is 49.5 Å². The van der Waals surface area contributed by atoms with Gasteiger partial charge in [0, 0.05) is 6.42 Å². The molecule has 16 heteroatoms. The van der Waals surface area contributed by atoms with E-state index in [-0.39, 0.29) is 12.8 Å². The second-order valence-electron chi connectivity index (χ2n) is 24.2. The van der Waals surface area contributed by atoms with E-state index in [0.29, 0.717) is 19.3 Å². The SMILES string of the molecule is CCCCCCCCCCCCCCCCCCCCCCCC(O)C(CCCCCCCCCCCCCCCCCCCCCC)C(=O)N[C@@H]1[C@@H](OC(C)C(=O)N[C@@H](C)C(=O)N[C@H](CCC(N)=O)C(=O)O)[C@H](O)[C@@H](CO)O[C@@H]1O. The molecule has 0 aromatic heterocycles. The molecule has 81 heavy (non-hydrogen) atoms. The van der Waals surface area contributed by atoms with Crippen LogP contribution < -0.4 is 21.7 Å². The number of carbonyl (C=O) groups is 5. The summed E-state index contributed by atoms with van der Waals surface area (Å²) in [5, 5.41) is 61.2. The fourth-order valence-corrected chi connectivity index (χ4v) is 11.3. The van der Waals surface area contributed by atoms with E-state index in [1.54, 1.807) is 0 Å². The minimum Gasteiger partial charge on any atom is -0.480 e. The van der Waals surface area contributed by atoms with Gasteiger partial charge in [-0.1, -0.05) is 277 Å². The highest BCUT2D eigenvalue weighted by Crippen LogP contribution is 2.27. The summed E-state index contributed by atoms with van der Waals surface area (Å²) in [6.07, 6.45) is 43.6. The predicted octanol–water partition coefficient (Wildman–Crippen LogP) is 12.4. The molecule has 16 nitrogen and oxygen atoms in total. The van der Waals surface area contributed by atoms with Crippen LogP contribution in [0.15, 0.2) is 0 Å². The second-order valence-corrected chi connectivity index (χ2v) is 24.2. The van der Waals surface area contributed by atoms with Crippen LogP contribution in [0.3, 0.4) is 0 Å². The number of primary amides is 1. The van der Waals surface area contributed by atoms with Crippen LogP contribution in [0.4, 0.5) is 0 Å². The summed E-state index contributed by atoms with van der Waals surface area (Å²) in [5.74, 6) is -5.20. The van der Waals surface area contributed by atoms with E-state index in [2.05, 4.69) is 29.8 Å². The highest BCUT2D eigenvalue weighted by atomic mass is 16.6. The molecule has 4 amide bonds. The number of aliphatic hydroxyl groups excluding tert-OH is 4. The third-order valence-corrected chi connectivity index (χ3v) is 16.7. The summed E-state index contributed by atoms with van der Waals surface area (Å²) < 4.78 is 11.5. The zero-order chi connectivity index (χ0) is 59.7. The lowest BCUT2D eigenvalue weighted by Crippen LogP contribution is -2.66. The number of rotatable bonds is 57. The van der Waals surface area contributed by atoms with Crippen molar-refractivity contribution in [1.29, 1.82) is 0 Å². The number of ether oxygens (including phenoxy) is 2. The molecule has 10 atom stereocenters. The van der Waals surface area contributed by atoms with Gasteiger partial charge in [-0.15, -0.1) is 0 Å². The van der Waals surface area contributed by atoms with Gasteiger partial charge in [-0.3, -0.25) is 19.2 Å². The van der Waals surface area contributed by atoms with Crippen molar-refractivity contribution in [2.24, 2.45) is 11.7 Å². The highest BCUT2D eigenvalue weighted by Gasteiger charge is 2.48. The van der Waals surface area contributed by atoms with Crippen molar-refractivity contribution in [3.63, 3.8) is 0 Å². The molecule has 0 aliphatic carbocycles. The highest BCUT2D eigenvalue weighted by molar-refractivity contribution is 5.91. The van der Waals surface area contributed by atoms with Gasteiger partial charge in [0.2, 0.25) is 23.6 Å². The van der Waals surface area contributed by atoms with E-state index < -0.39 is 97.1 Å². The summed E-state index contributed by atoms with van der Waals surface area (Å²) in [6, 6.07) is -4.11.